The predicted molar refractivity (Wildman–Crippen MR) is 109 cm³/mol. The van der Waals surface area contributed by atoms with Crippen LogP contribution in [0.15, 0.2) is 48.5 Å². The van der Waals surface area contributed by atoms with E-state index in [1.165, 1.54) is 13.0 Å². The lowest BCUT2D eigenvalue weighted by molar-refractivity contribution is -0.333. The number of ether oxygens (including phenoxy) is 4. The van der Waals surface area contributed by atoms with Gasteiger partial charge in [0.1, 0.15) is 30.1 Å². The van der Waals surface area contributed by atoms with Crippen molar-refractivity contribution in [3.8, 4) is 5.75 Å². The highest BCUT2D eigenvalue weighted by Gasteiger charge is 2.50. The van der Waals surface area contributed by atoms with E-state index in [0.717, 1.165) is 5.56 Å². The summed E-state index contributed by atoms with van der Waals surface area (Å²) in [5, 5.41) is 14.5. The minimum Gasteiger partial charge on any atom is -0.461 e. The number of hydrogen-bond acceptors (Lipinski definition) is 6. The lowest BCUT2D eigenvalue weighted by atomic mass is 9.95. The Balaban J connectivity index is 1.55. The molecule has 2 fully saturated rings. The van der Waals surface area contributed by atoms with Gasteiger partial charge < -0.3 is 29.4 Å². The lowest BCUT2D eigenvalue weighted by Gasteiger charge is -2.47. The van der Waals surface area contributed by atoms with Gasteiger partial charge in [0.25, 0.3) is 0 Å². The summed E-state index contributed by atoms with van der Waals surface area (Å²) in [7, 11) is 0. The number of rotatable bonds is 4. The third-order valence-electron chi connectivity index (χ3n) is 4.94. The van der Waals surface area contributed by atoms with Gasteiger partial charge in [-0.1, -0.05) is 53.5 Å². The van der Waals surface area contributed by atoms with Gasteiger partial charge in [-0.25, -0.2) is 0 Å². The van der Waals surface area contributed by atoms with Crippen molar-refractivity contribution in [2.24, 2.45) is 0 Å². The minimum absolute atomic E-state index is 0.183. The number of amides is 1. The van der Waals surface area contributed by atoms with E-state index >= 15 is 0 Å². The monoisotopic (exact) mass is 453 g/mol. The Morgan fingerprint density at radius 2 is 1.93 bits per heavy atom. The maximum absolute atomic E-state index is 11.8. The molecule has 2 heterocycles. The van der Waals surface area contributed by atoms with Crippen LogP contribution in [0.4, 0.5) is 0 Å². The molecule has 0 aromatic heterocycles. The Kier molecular flexibility index (Phi) is 6.48. The van der Waals surface area contributed by atoms with E-state index in [4.69, 9.17) is 42.1 Å². The number of benzene rings is 2. The Hall–Kier alpha value is -1.87. The van der Waals surface area contributed by atoms with Gasteiger partial charge in [-0.3, -0.25) is 4.79 Å². The van der Waals surface area contributed by atoms with Crippen molar-refractivity contribution in [2.45, 2.75) is 43.9 Å². The highest BCUT2D eigenvalue weighted by atomic mass is 35.5. The molecule has 0 bridgehead atoms. The molecule has 2 aromatic carbocycles. The average Bonchev–Trinajstić information content (AvgIpc) is 2.73. The molecule has 9 heteroatoms. The third kappa shape index (κ3) is 4.56. The van der Waals surface area contributed by atoms with Crippen LogP contribution in [0, 0.1) is 0 Å². The molecule has 2 saturated heterocycles. The van der Waals surface area contributed by atoms with Gasteiger partial charge in [-0.2, -0.15) is 0 Å². The van der Waals surface area contributed by atoms with Crippen LogP contribution in [-0.4, -0.2) is 48.3 Å². The third-order valence-corrected chi connectivity index (χ3v) is 5.47. The molecule has 7 nitrogen and oxygen atoms in total. The molecule has 0 radical (unpaired) electrons. The summed E-state index contributed by atoms with van der Waals surface area (Å²) < 4.78 is 23.7. The summed E-state index contributed by atoms with van der Waals surface area (Å²) >= 11 is 12.1. The molecule has 1 amide bonds. The Morgan fingerprint density at radius 3 is 2.63 bits per heavy atom. The van der Waals surface area contributed by atoms with Crippen LogP contribution in [-0.2, 0) is 19.0 Å². The Labute approximate surface area is 183 Å². The van der Waals surface area contributed by atoms with Crippen LogP contribution in [0.5, 0.6) is 5.75 Å². The average molecular weight is 454 g/mol. The van der Waals surface area contributed by atoms with Crippen LogP contribution in [0.1, 0.15) is 18.8 Å². The van der Waals surface area contributed by atoms with E-state index in [0.29, 0.717) is 10.8 Å². The van der Waals surface area contributed by atoms with Gasteiger partial charge in [0.05, 0.1) is 11.6 Å². The fraction of sp³-hybridized carbons (Fsp3) is 0.381. The summed E-state index contributed by atoms with van der Waals surface area (Å²) in [6, 6.07) is 13.3. The Bertz CT molecular complexity index is 898. The van der Waals surface area contributed by atoms with Gasteiger partial charge in [-0.15, -0.1) is 0 Å². The molecule has 4 rings (SSSR count). The molecule has 6 unspecified atom stereocenters. The number of hydrogen-bond donors (Lipinski definition) is 2. The molecule has 2 N–H and O–H groups in total. The van der Waals surface area contributed by atoms with Gasteiger partial charge in [0, 0.05) is 17.5 Å². The van der Waals surface area contributed by atoms with Crippen molar-refractivity contribution in [3.05, 3.63) is 64.1 Å². The van der Waals surface area contributed by atoms with Crippen molar-refractivity contribution >= 4 is 29.1 Å². The quantitative estimate of drug-likeness (QED) is 0.739. The predicted octanol–water partition coefficient (Wildman–Crippen LogP) is 3.08. The first-order valence-electron chi connectivity index (χ1n) is 9.46. The summed E-state index contributed by atoms with van der Waals surface area (Å²) in [5.41, 5.74) is 0.825. The van der Waals surface area contributed by atoms with Crippen LogP contribution in [0.2, 0.25) is 10.0 Å². The van der Waals surface area contributed by atoms with Gasteiger partial charge >= 0.3 is 0 Å². The van der Waals surface area contributed by atoms with Crippen LogP contribution in [0.25, 0.3) is 0 Å². The molecular weight excluding hydrogens is 433 g/mol. The SMILES string of the molecule is CC(=O)NC1C(Oc2ccc(Cl)cc2Cl)OC2COC(c3ccccc3)OC2C1O. The zero-order chi connectivity index (χ0) is 21.3. The summed E-state index contributed by atoms with van der Waals surface area (Å²) in [6.45, 7) is 1.53. The summed E-state index contributed by atoms with van der Waals surface area (Å²) in [6.07, 6.45) is -4.07. The molecule has 2 aromatic rings. The van der Waals surface area contributed by atoms with E-state index in [1.807, 2.05) is 30.3 Å². The number of carbonyl (C=O) groups is 1. The van der Waals surface area contributed by atoms with Gasteiger partial charge in [0.2, 0.25) is 12.2 Å². The molecule has 0 aliphatic carbocycles. The van der Waals surface area contributed by atoms with Crippen molar-refractivity contribution in [1.29, 1.82) is 0 Å². The molecule has 2 aliphatic heterocycles. The summed E-state index contributed by atoms with van der Waals surface area (Å²) in [5.74, 6) is -0.0320. The zero-order valence-electron chi connectivity index (χ0n) is 16.0. The molecular formula is C21H21Cl2NO6. The number of aliphatic hydroxyl groups excluding tert-OH is 1. The Morgan fingerprint density at radius 1 is 1.17 bits per heavy atom. The van der Waals surface area contributed by atoms with E-state index in [2.05, 4.69) is 5.32 Å². The zero-order valence-corrected chi connectivity index (χ0v) is 17.5. The van der Waals surface area contributed by atoms with Gasteiger partial charge in [0.15, 0.2) is 6.29 Å². The first-order valence-corrected chi connectivity index (χ1v) is 10.2. The van der Waals surface area contributed by atoms with Crippen molar-refractivity contribution in [1.82, 2.24) is 5.32 Å². The second-order valence-electron chi connectivity index (χ2n) is 7.13. The second kappa shape index (κ2) is 9.09. The van der Waals surface area contributed by atoms with Crippen molar-refractivity contribution in [2.75, 3.05) is 6.61 Å². The maximum atomic E-state index is 11.8. The van der Waals surface area contributed by atoms with E-state index in [-0.39, 0.29) is 17.5 Å². The largest absolute Gasteiger partial charge is 0.461 e. The number of nitrogens with one attached hydrogen (secondary N) is 1. The fourth-order valence-electron chi connectivity index (χ4n) is 3.56. The smallest absolute Gasteiger partial charge is 0.223 e. The topological polar surface area (TPSA) is 86.3 Å². The standard InChI is InChI=1S/C21H21Cl2NO6/c1-11(25)24-17-18(26)19-16(10-27-20(30-19)12-5-3-2-4-6-12)29-21(17)28-15-8-7-13(22)9-14(15)23/h2-9,16-21,26H,10H2,1H3,(H,24,25). The first kappa shape index (κ1) is 21.4. The molecule has 160 valence electrons. The number of aliphatic hydroxyl groups is 1. The van der Waals surface area contributed by atoms with Crippen LogP contribution >= 0.6 is 23.2 Å². The minimum atomic E-state index is -1.10. The van der Waals surface area contributed by atoms with Crippen molar-refractivity contribution in [3.63, 3.8) is 0 Å². The highest BCUT2D eigenvalue weighted by Crippen LogP contribution is 2.36. The van der Waals surface area contributed by atoms with E-state index < -0.39 is 36.9 Å². The first-order chi connectivity index (χ1) is 14.4. The number of halogens is 2. The van der Waals surface area contributed by atoms with E-state index in [1.54, 1.807) is 12.1 Å². The lowest BCUT2D eigenvalue weighted by Crippen LogP contribution is -2.67. The normalized spacial score (nSPS) is 30.9. The van der Waals surface area contributed by atoms with Crippen LogP contribution in [0.3, 0.4) is 0 Å². The fourth-order valence-corrected chi connectivity index (χ4v) is 4.01. The number of fused-ring (bicyclic) bond motifs is 1. The molecule has 0 saturated carbocycles. The molecule has 30 heavy (non-hydrogen) atoms. The molecule has 2 aliphatic rings. The summed E-state index contributed by atoms with van der Waals surface area (Å²) in [4.78, 5) is 11.8. The second-order valence-corrected chi connectivity index (χ2v) is 7.97. The van der Waals surface area contributed by atoms with Gasteiger partial charge in [-0.05, 0) is 18.2 Å². The molecule has 0 spiro atoms. The molecule has 6 atom stereocenters. The number of carbonyl (C=O) groups excluding carboxylic acids is 1. The van der Waals surface area contributed by atoms with Crippen molar-refractivity contribution < 1.29 is 28.8 Å². The highest BCUT2D eigenvalue weighted by molar-refractivity contribution is 6.35. The maximum Gasteiger partial charge on any atom is 0.223 e. The van der Waals surface area contributed by atoms with Crippen LogP contribution < -0.4 is 10.1 Å². The van der Waals surface area contributed by atoms with E-state index in [9.17, 15) is 9.90 Å².